The van der Waals surface area contributed by atoms with Crippen molar-refractivity contribution in [2.24, 2.45) is 0 Å². The number of nitrogens with one attached hydrogen (secondary N) is 1. The Kier molecular flexibility index (Phi) is 8.00. The predicted molar refractivity (Wildman–Crippen MR) is 126 cm³/mol. The van der Waals surface area contributed by atoms with Gasteiger partial charge in [0.15, 0.2) is 0 Å². The van der Waals surface area contributed by atoms with Crippen molar-refractivity contribution in [1.82, 2.24) is 9.71 Å². The molecule has 1 aliphatic carbocycles. The lowest BCUT2D eigenvalue weighted by molar-refractivity contribution is -0.0500. The standard InChI is InChI=1S/C24H31F2N3O4S/c1-34(30,31)28-22-11-12-29(19-13-21(15-27-14-19)33-24(25)26)23(22)16-32-20-9-7-18(8-10-20)17-5-3-2-4-6-17/h2-6,13-15,18,20,22-24,28H,7-12,16H2,1H3/t18?,20?,22-,23-/m0/s1. The largest absolute Gasteiger partial charge is 0.433 e. The second-order valence-electron chi connectivity index (χ2n) is 9.02. The fourth-order valence-corrected chi connectivity index (χ4v) is 5.87. The van der Waals surface area contributed by atoms with Crippen LogP contribution in [0.25, 0.3) is 0 Å². The maximum atomic E-state index is 12.7. The number of benzene rings is 1. The lowest BCUT2D eigenvalue weighted by Crippen LogP contribution is -2.48. The van der Waals surface area contributed by atoms with E-state index in [9.17, 15) is 17.2 Å². The van der Waals surface area contributed by atoms with E-state index in [1.165, 1.54) is 17.8 Å². The number of halogens is 2. The van der Waals surface area contributed by atoms with E-state index in [1.807, 2.05) is 11.0 Å². The lowest BCUT2D eigenvalue weighted by Gasteiger charge is -2.33. The van der Waals surface area contributed by atoms with Crippen molar-refractivity contribution in [3.05, 3.63) is 54.4 Å². The Morgan fingerprint density at radius 3 is 2.53 bits per heavy atom. The Morgan fingerprint density at radius 2 is 1.85 bits per heavy atom. The van der Waals surface area contributed by atoms with Crippen molar-refractivity contribution in [2.45, 2.75) is 62.8 Å². The average Bonchev–Trinajstić information content (AvgIpc) is 3.19. The van der Waals surface area contributed by atoms with Gasteiger partial charge in [0.1, 0.15) is 5.75 Å². The van der Waals surface area contributed by atoms with Crippen molar-refractivity contribution in [3.63, 3.8) is 0 Å². The molecule has 1 aromatic carbocycles. The van der Waals surface area contributed by atoms with Gasteiger partial charge in [-0.05, 0) is 43.6 Å². The molecule has 1 aliphatic heterocycles. The molecule has 10 heteroatoms. The van der Waals surface area contributed by atoms with Crippen molar-refractivity contribution in [1.29, 1.82) is 0 Å². The Morgan fingerprint density at radius 1 is 1.12 bits per heavy atom. The summed E-state index contributed by atoms with van der Waals surface area (Å²) in [6.45, 7) is -2.07. The molecule has 1 N–H and O–H groups in total. The van der Waals surface area contributed by atoms with Crippen LogP contribution in [0.5, 0.6) is 5.75 Å². The number of anilines is 1. The van der Waals surface area contributed by atoms with E-state index in [4.69, 9.17) is 4.74 Å². The molecule has 2 atom stereocenters. The first-order chi connectivity index (χ1) is 16.3. The van der Waals surface area contributed by atoms with Crippen LogP contribution >= 0.6 is 0 Å². The molecular weight excluding hydrogens is 464 g/mol. The minimum Gasteiger partial charge on any atom is -0.433 e. The number of pyridine rings is 1. The van der Waals surface area contributed by atoms with Crippen LogP contribution < -0.4 is 14.4 Å². The van der Waals surface area contributed by atoms with Crippen LogP contribution in [0.1, 0.15) is 43.6 Å². The SMILES string of the molecule is CS(=O)(=O)N[C@H]1CCN(c2cncc(OC(F)F)c2)[C@H]1COC1CCC(c2ccccc2)CC1. The number of alkyl halides is 2. The van der Waals surface area contributed by atoms with E-state index in [0.29, 0.717) is 31.2 Å². The summed E-state index contributed by atoms with van der Waals surface area (Å²) in [7, 11) is -3.42. The Balaban J connectivity index is 1.42. The van der Waals surface area contributed by atoms with Crippen molar-refractivity contribution in [3.8, 4) is 5.75 Å². The first-order valence-electron chi connectivity index (χ1n) is 11.6. The summed E-state index contributed by atoms with van der Waals surface area (Å²) >= 11 is 0. The molecule has 1 aromatic heterocycles. The summed E-state index contributed by atoms with van der Waals surface area (Å²) in [4.78, 5) is 5.99. The van der Waals surface area contributed by atoms with Crippen LogP contribution in [0.3, 0.4) is 0 Å². The quantitative estimate of drug-likeness (QED) is 0.568. The van der Waals surface area contributed by atoms with Gasteiger partial charge in [-0.1, -0.05) is 30.3 Å². The Bertz CT molecular complexity index is 1030. The van der Waals surface area contributed by atoms with Gasteiger partial charge < -0.3 is 14.4 Å². The zero-order valence-corrected chi connectivity index (χ0v) is 20.0. The van der Waals surface area contributed by atoms with Gasteiger partial charge in [0.25, 0.3) is 0 Å². The molecule has 0 spiro atoms. The first-order valence-corrected chi connectivity index (χ1v) is 13.5. The van der Waals surface area contributed by atoms with E-state index in [1.54, 1.807) is 6.20 Å². The molecule has 2 fully saturated rings. The van der Waals surface area contributed by atoms with Gasteiger partial charge in [-0.2, -0.15) is 8.78 Å². The highest BCUT2D eigenvalue weighted by Gasteiger charge is 2.37. The number of nitrogens with zero attached hydrogens (tertiary/aromatic N) is 2. The topological polar surface area (TPSA) is 80.8 Å². The second-order valence-corrected chi connectivity index (χ2v) is 10.8. The molecule has 1 saturated heterocycles. The lowest BCUT2D eigenvalue weighted by atomic mass is 9.83. The van der Waals surface area contributed by atoms with E-state index in [0.717, 1.165) is 31.9 Å². The number of ether oxygens (including phenoxy) is 2. The van der Waals surface area contributed by atoms with Crippen LogP contribution in [0, 0.1) is 0 Å². The summed E-state index contributed by atoms with van der Waals surface area (Å²) in [5, 5.41) is 0. The van der Waals surface area contributed by atoms with E-state index in [-0.39, 0.29) is 23.9 Å². The molecule has 2 heterocycles. The number of aromatic nitrogens is 1. The summed E-state index contributed by atoms with van der Waals surface area (Å²) in [6.07, 6.45) is 8.58. The van der Waals surface area contributed by atoms with Crippen LogP contribution in [0.2, 0.25) is 0 Å². The average molecular weight is 496 g/mol. The van der Waals surface area contributed by atoms with Crippen molar-refractivity contribution >= 4 is 15.7 Å². The number of hydrogen-bond donors (Lipinski definition) is 1. The highest BCUT2D eigenvalue weighted by molar-refractivity contribution is 7.88. The first kappa shape index (κ1) is 24.8. The molecule has 4 rings (SSSR count). The van der Waals surface area contributed by atoms with Crippen LogP contribution in [0.15, 0.2) is 48.8 Å². The third kappa shape index (κ3) is 6.64. The number of rotatable bonds is 9. The van der Waals surface area contributed by atoms with E-state index >= 15 is 0 Å². The Hall–Kier alpha value is -2.30. The third-order valence-electron chi connectivity index (χ3n) is 6.61. The molecule has 0 radical (unpaired) electrons. The van der Waals surface area contributed by atoms with Gasteiger partial charge in [-0.25, -0.2) is 13.1 Å². The minimum atomic E-state index is -3.42. The molecular formula is C24H31F2N3O4S. The fraction of sp³-hybridized carbons (Fsp3) is 0.542. The van der Waals surface area contributed by atoms with Gasteiger partial charge >= 0.3 is 6.61 Å². The summed E-state index contributed by atoms with van der Waals surface area (Å²) in [5.41, 5.74) is 1.95. The highest BCUT2D eigenvalue weighted by atomic mass is 32.2. The number of hydrogen-bond acceptors (Lipinski definition) is 6. The van der Waals surface area contributed by atoms with Crippen LogP contribution in [-0.2, 0) is 14.8 Å². The molecule has 34 heavy (non-hydrogen) atoms. The van der Waals surface area contributed by atoms with Gasteiger partial charge in [0.05, 0.1) is 43.1 Å². The number of sulfonamides is 1. The molecule has 0 unspecified atom stereocenters. The highest BCUT2D eigenvalue weighted by Crippen LogP contribution is 2.35. The van der Waals surface area contributed by atoms with Gasteiger partial charge in [-0.3, -0.25) is 4.98 Å². The monoisotopic (exact) mass is 495 g/mol. The molecule has 0 bridgehead atoms. The van der Waals surface area contributed by atoms with Crippen molar-refractivity contribution < 1.29 is 26.7 Å². The Labute approximate surface area is 199 Å². The molecule has 1 saturated carbocycles. The second kappa shape index (κ2) is 11.0. The zero-order valence-electron chi connectivity index (χ0n) is 19.1. The van der Waals surface area contributed by atoms with E-state index < -0.39 is 16.6 Å². The summed E-state index contributed by atoms with van der Waals surface area (Å²) in [5.74, 6) is 0.498. The van der Waals surface area contributed by atoms with Gasteiger partial charge in [0.2, 0.25) is 10.0 Å². The molecule has 0 amide bonds. The van der Waals surface area contributed by atoms with Crippen LogP contribution in [0.4, 0.5) is 14.5 Å². The normalized spacial score (nSPS) is 25.6. The molecule has 2 aromatic rings. The van der Waals surface area contributed by atoms with Crippen LogP contribution in [-0.4, -0.2) is 57.6 Å². The smallest absolute Gasteiger partial charge is 0.387 e. The maximum absolute atomic E-state index is 12.7. The van der Waals surface area contributed by atoms with Gasteiger partial charge in [-0.15, -0.1) is 0 Å². The minimum absolute atomic E-state index is 0.0362. The summed E-state index contributed by atoms with van der Waals surface area (Å²) in [6, 6.07) is 11.4. The van der Waals surface area contributed by atoms with Crippen molar-refractivity contribution in [2.75, 3.05) is 24.3 Å². The van der Waals surface area contributed by atoms with Gasteiger partial charge in [0, 0.05) is 18.7 Å². The molecule has 7 nitrogen and oxygen atoms in total. The maximum Gasteiger partial charge on any atom is 0.387 e. The predicted octanol–water partition coefficient (Wildman–Crippen LogP) is 3.92. The zero-order chi connectivity index (χ0) is 24.1. The van der Waals surface area contributed by atoms with E-state index in [2.05, 4.69) is 38.7 Å². The molecule has 2 aliphatic rings. The third-order valence-corrected chi connectivity index (χ3v) is 7.35. The fourth-order valence-electron chi connectivity index (χ4n) is 5.05. The summed E-state index contributed by atoms with van der Waals surface area (Å²) < 4.78 is 62.7. The molecule has 186 valence electrons.